The standard InChI is InChI=1S/C14H22ClNO2/c1-3-8-16-10-14(2,17)11-18-9-12-6-4-5-7-13(12)15/h4-7,16-17H,3,8-11H2,1-2H3. The molecule has 2 N–H and O–H groups in total. The fourth-order valence-electron chi connectivity index (χ4n) is 1.58. The van der Waals surface area contributed by atoms with Crippen LogP contribution in [0.3, 0.4) is 0 Å². The van der Waals surface area contributed by atoms with E-state index in [-0.39, 0.29) is 6.61 Å². The van der Waals surface area contributed by atoms with E-state index in [2.05, 4.69) is 12.2 Å². The van der Waals surface area contributed by atoms with Gasteiger partial charge in [0.2, 0.25) is 0 Å². The zero-order chi connectivity index (χ0) is 13.4. The number of benzene rings is 1. The lowest BCUT2D eigenvalue weighted by Gasteiger charge is -2.23. The Morgan fingerprint density at radius 3 is 2.78 bits per heavy atom. The van der Waals surface area contributed by atoms with Crippen molar-refractivity contribution in [2.24, 2.45) is 0 Å². The fraction of sp³-hybridized carbons (Fsp3) is 0.571. The lowest BCUT2D eigenvalue weighted by molar-refractivity contribution is -0.0378. The fourth-order valence-corrected chi connectivity index (χ4v) is 1.77. The molecule has 0 amide bonds. The number of ether oxygens (including phenoxy) is 1. The molecule has 1 unspecified atom stereocenters. The van der Waals surface area contributed by atoms with E-state index in [1.54, 1.807) is 6.92 Å². The average molecular weight is 272 g/mol. The Morgan fingerprint density at radius 2 is 2.11 bits per heavy atom. The first-order valence-corrected chi connectivity index (χ1v) is 6.67. The van der Waals surface area contributed by atoms with Crippen molar-refractivity contribution in [1.29, 1.82) is 0 Å². The van der Waals surface area contributed by atoms with Gasteiger partial charge in [0.15, 0.2) is 0 Å². The Kier molecular flexibility index (Phi) is 6.65. The van der Waals surface area contributed by atoms with Gasteiger partial charge in [0.25, 0.3) is 0 Å². The molecule has 0 radical (unpaired) electrons. The Morgan fingerprint density at radius 1 is 1.39 bits per heavy atom. The van der Waals surface area contributed by atoms with Crippen LogP contribution < -0.4 is 5.32 Å². The molecule has 1 aromatic carbocycles. The van der Waals surface area contributed by atoms with Crippen LogP contribution in [0.25, 0.3) is 0 Å². The first kappa shape index (κ1) is 15.4. The largest absolute Gasteiger partial charge is 0.386 e. The maximum absolute atomic E-state index is 10.1. The van der Waals surface area contributed by atoms with Gasteiger partial charge in [0.05, 0.1) is 18.8 Å². The van der Waals surface area contributed by atoms with Crippen molar-refractivity contribution in [2.45, 2.75) is 32.5 Å². The summed E-state index contributed by atoms with van der Waals surface area (Å²) in [5.74, 6) is 0. The number of rotatable bonds is 8. The van der Waals surface area contributed by atoms with Gasteiger partial charge < -0.3 is 15.2 Å². The molecule has 0 bridgehead atoms. The molecule has 18 heavy (non-hydrogen) atoms. The van der Waals surface area contributed by atoms with Crippen LogP contribution in [-0.2, 0) is 11.3 Å². The second kappa shape index (κ2) is 7.74. The predicted octanol–water partition coefficient (Wildman–Crippen LogP) is 2.61. The summed E-state index contributed by atoms with van der Waals surface area (Å²) in [4.78, 5) is 0. The second-order valence-corrected chi connectivity index (χ2v) is 5.17. The van der Waals surface area contributed by atoms with Gasteiger partial charge in [0.1, 0.15) is 0 Å². The molecule has 3 nitrogen and oxygen atoms in total. The summed E-state index contributed by atoms with van der Waals surface area (Å²) in [6.45, 7) is 6.00. The molecule has 0 heterocycles. The maximum atomic E-state index is 10.1. The van der Waals surface area contributed by atoms with Gasteiger partial charge in [-0.3, -0.25) is 0 Å². The minimum Gasteiger partial charge on any atom is -0.386 e. The summed E-state index contributed by atoms with van der Waals surface area (Å²) < 4.78 is 5.52. The van der Waals surface area contributed by atoms with Crippen LogP contribution in [0.15, 0.2) is 24.3 Å². The van der Waals surface area contributed by atoms with Gasteiger partial charge in [-0.15, -0.1) is 0 Å². The van der Waals surface area contributed by atoms with Crippen LogP contribution in [0.2, 0.25) is 5.02 Å². The SMILES string of the molecule is CCCNCC(C)(O)COCc1ccccc1Cl. The number of hydrogen-bond acceptors (Lipinski definition) is 3. The molecule has 0 aliphatic rings. The zero-order valence-corrected chi connectivity index (χ0v) is 11.8. The van der Waals surface area contributed by atoms with Gasteiger partial charge >= 0.3 is 0 Å². The van der Waals surface area contributed by atoms with Crippen LogP contribution >= 0.6 is 11.6 Å². The first-order chi connectivity index (χ1) is 8.55. The normalized spacial score (nSPS) is 14.4. The molecule has 0 aliphatic carbocycles. The van der Waals surface area contributed by atoms with Crippen molar-refractivity contribution < 1.29 is 9.84 Å². The van der Waals surface area contributed by atoms with Crippen molar-refractivity contribution in [2.75, 3.05) is 19.7 Å². The van der Waals surface area contributed by atoms with Gasteiger partial charge in [-0.05, 0) is 31.5 Å². The van der Waals surface area contributed by atoms with Gasteiger partial charge in [-0.25, -0.2) is 0 Å². The minimum atomic E-state index is -0.851. The highest BCUT2D eigenvalue weighted by atomic mass is 35.5. The van der Waals surface area contributed by atoms with Crippen LogP contribution in [0.1, 0.15) is 25.8 Å². The lowest BCUT2D eigenvalue weighted by atomic mass is 10.1. The Balaban J connectivity index is 2.30. The molecular weight excluding hydrogens is 250 g/mol. The van der Waals surface area contributed by atoms with E-state index in [1.165, 1.54) is 0 Å². The monoisotopic (exact) mass is 271 g/mol. The Bertz CT molecular complexity index is 355. The molecule has 0 aliphatic heterocycles. The number of halogens is 1. The molecule has 1 aromatic rings. The van der Waals surface area contributed by atoms with E-state index in [0.717, 1.165) is 18.5 Å². The van der Waals surface area contributed by atoms with Crippen LogP contribution in [-0.4, -0.2) is 30.4 Å². The molecule has 1 rings (SSSR count). The highest BCUT2D eigenvalue weighted by Gasteiger charge is 2.19. The van der Waals surface area contributed by atoms with E-state index in [9.17, 15) is 5.11 Å². The summed E-state index contributed by atoms with van der Waals surface area (Å²) in [5.41, 5.74) is 0.0904. The van der Waals surface area contributed by atoms with Crippen molar-refractivity contribution in [1.82, 2.24) is 5.32 Å². The highest BCUT2D eigenvalue weighted by Crippen LogP contribution is 2.16. The third-order valence-corrected chi connectivity index (χ3v) is 2.93. The molecule has 0 saturated carbocycles. The molecule has 0 fully saturated rings. The zero-order valence-electron chi connectivity index (χ0n) is 11.1. The quantitative estimate of drug-likeness (QED) is 0.714. The maximum Gasteiger partial charge on any atom is 0.0975 e. The molecular formula is C14H22ClNO2. The summed E-state index contributed by atoms with van der Waals surface area (Å²) >= 11 is 6.02. The van der Waals surface area contributed by atoms with E-state index >= 15 is 0 Å². The summed E-state index contributed by atoms with van der Waals surface area (Å²) in [6.07, 6.45) is 1.05. The van der Waals surface area contributed by atoms with Crippen LogP contribution in [0.5, 0.6) is 0 Å². The molecule has 0 spiro atoms. The topological polar surface area (TPSA) is 41.5 Å². The summed E-state index contributed by atoms with van der Waals surface area (Å²) in [7, 11) is 0. The average Bonchev–Trinajstić information content (AvgIpc) is 2.32. The van der Waals surface area contributed by atoms with Gasteiger partial charge in [0, 0.05) is 11.6 Å². The smallest absolute Gasteiger partial charge is 0.0975 e. The Labute approximate surface area is 114 Å². The van der Waals surface area contributed by atoms with Crippen molar-refractivity contribution in [3.05, 3.63) is 34.9 Å². The molecule has 0 saturated heterocycles. The summed E-state index contributed by atoms with van der Waals surface area (Å²) in [5, 5.41) is 13.9. The predicted molar refractivity (Wildman–Crippen MR) is 74.9 cm³/mol. The van der Waals surface area contributed by atoms with Crippen molar-refractivity contribution >= 4 is 11.6 Å². The minimum absolute atomic E-state index is 0.287. The number of aliphatic hydroxyl groups is 1. The molecule has 102 valence electrons. The van der Waals surface area contributed by atoms with Crippen LogP contribution in [0, 0.1) is 0 Å². The third-order valence-electron chi connectivity index (χ3n) is 2.56. The van der Waals surface area contributed by atoms with Gasteiger partial charge in [-0.2, -0.15) is 0 Å². The second-order valence-electron chi connectivity index (χ2n) is 4.76. The first-order valence-electron chi connectivity index (χ1n) is 6.29. The molecule has 1 atom stereocenters. The number of nitrogens with one attached hydrogen (secondary N) is 1. The van der Waals surface area contributed by atoms with E-state index in [0.29, 0.717) is 18.2 Å². The van der Waals surface area contributed by atoms with E-state index < -0.39 is 5.60 Å². The molecule has 4 heteroatoms. The number of hydrogen-bond donors (Lipinski definition) is 2. The van der Waals surface area contributed by atoms with E-state index in [4.69, 9.17) is 16.3 Å². The molecule has 0 aromatic heterocycles. The van der Waals surface area contributed by atoms with Crippen molar-refractivity contribution in [3.63, 3.8) is 0 Å². The highest BCUT2D eigenvalue weighted by molar-refractivity contribution is 6.31. The third kappa shape index (κ3) is 5.83. The van der Waals surface area contributed by atoms with Gasteiger partial charge in [-0.1, -0.05) is 36.7 Å². The Hall–Kier alpha value is -0.610. The van der Waals surface area contributed by atoms with E-state index in [1.807, 2.05) is 24.3 Å². The van der Waals surface area contributed by atoms with Crippen LogP contribution in [0.4, 0.5) is 0 Å². The lowest BCUT2D eigenvalue weighted by Crippen LogP contribution is -2.42. The summed E-state index contributed by atoms with van der Waals surface area (Å²) in [6, 6.07) is 7.57. The van der Waals surface area contributed by atoms with Crippen molar-refractivity contribution in [3.8, 4) is 0 Å².